The van der Waals surface area contributed by atoms with Crippen molar-refractivity contribution in [2.24, 2.45) is 11.7 Å². The van der Waals surface area contributed by atoms with Crippen LogP contribution in [0.5, 0.6) is 0 Å². The van der Waals surface area contributed by atoms with Crippen LogP contribution in [-0.4, -0.2) is 30.6 Å². The summed E-state index contributed by atoms with van der Waals surface area (Å²) in [5.41, 5.74) is 7.00. The molecule has 4 nitrogen and oxygen atoms in total. The van der Waals surface area contributed by atoms with Gasteiger partial charge in [0.15, 0.2) is 0 Å². The Hall–Kier alpha value is -1.26. The number of nitrogens with one attached hydrogen (secondary N) is 1. The van der Waals surface area contributed by atoms with E-state index >= 15 is 0 Å². The third-order valence-corrected chi connectivity index (χ3v) is 3.45. The molecule has 1 saturated heterocycles. The van der Waals surface area contributed by atoms with E-state index < -0.39 is 0 Å². The normalized spacial score (nSPS) is 19.6. The number of nitrogens with zero attached hydrogens (tertiary/aromatic N) is 1. The molecule has 92 valence electrons. The van der Waals surface area contributed by atoms with E-state index in [4.69, 9.17) is 27.9 Å². The van der Waals surface area contributed by atoms with E-state index in [9.17, 15) is 0 Å². The Morgan fingerprint density at radius 1 is 1.59 bits per heavy atom. The topological polar surface area (TPSA) is 73.3 Å². The van der Waals surface area contributed by atoms with Gasteiger partial charge in [-0.25, -0.2) is 0 Å². The number of hydrogen-bond acceptors (Lipinski definition) is 3. The van der Waals surface area contributed by atoms with Crippen molar-refractivity contribution in [3.8, 4) is 0 Å². The van der Waals surface area contributed by atoms with Gasteiger partial charge in [0.25, 0.3) is 0 Å². The standard InChI is InChI=1S/C12H16ClN3O/c13-10-5-9(12(14)15)1-2-11(10)16-4-3-8(6-16)7-17/h1-2,5,8,17H,3-4,6-7H2,(H3,14,15). The maximum Gasteiger partial charge on any atom is 0.122 e. The second-order valence-corrected chi connectivity index (χ2v) is 4.77. The Bertz CT molecular complexity index is 436. The molecule has 0 radical (unpaired) electrons. The van der Waals surface area contributed by atoms with Gasteiger partial charge in [0.2, 0.25) is 0 Å². The summed E-state index contributed by atoms with van der Waals surface area (Å²) in [6.07, 6.45) is 0.987. The molecule has 4 N–H and O–H groups in total. The molecule has 0 aromatic heterocycles. The molecule has 1 aliphatic heterocycles. The highest BCUT2D eigenvalue weighted by atomic mass is 35.5. The van der Waals surface area contributed by atoms with Crippen LogP contribution in [-0.2, 0) is 0 Å². The van der Waals surface area contributed by atoms with Crippen LogP contribution in [0.2, 0.25) is 5.02 Å². The first kappa shape index (κ1) is 12.2. The summed E-state index contributed by atoms with van der Waals surface area (Å²) in [5.74, 6) is 0.353. The van der Waals surface area contributed by atoms with Crippen LogP contribution in [0.25, 0.3) is 0 Å². The highest BCUT2D eigenvalue weighted by Gasteiger charge is 2.23. The van der Waals surface area contributed by atoms with Crippen LogP contribution in [0.3, 0.4) is 0 Å². The first-order chi connectivity index (χ1) is 8.11. The van der Waals surface area contributed by atoms with Crippen molar-refractivity contribution in [1.29, 1.82) is 5.41 Å². The van der Waals surface area contributed by atoms with E-state index in [-0.39, 0.29) is 12.4 Å². The molecule has 0 bridgehead atoms. The van der Waals surface area contributed by atoms with Gasteiger partial charge in [-0.3, -0.25) is 5.41 Å². The molecule has 1 aromatic carbocycles. The van der Waals surface area contributed by atoms with Crippen LogP contribution in [0.15, 0.2) is 18.2 Å². The number of aliphatic hydroxyl groups excluding tert-OH is 1. The molecular formula is C12H16ClN3O. The Balaban J connectivity index is 2.20. The fourth-order valence-corrected chi connectivity index (χ4v) is 2.43. The number of hydrogen-bond donors (Lipinski definition) is 3. The van der Waals surface area contributed by atoms with Crippen molar-refractivity contribution in [2.75, 3.05) is 24.6 Å². The Labute approximate surface area is 105 Å². The third kappa shape index (κ3) is 2.53. The average Bonchev–Trinajstić information content (AvgIpc) is 2.77. The highest BCUT2D eigenvalue weighted by Crippen LogP contribution is 2.31. The van der Waals surface area contributed by atoms with E-state index in [0.29, 0.717) is 16.5 Å². The summed E-state index contributed by atoms with van der Waals surface area (Å²) < 4.78 is 0. The van der Waals surface area contributed by atoms with Gasteiger partial charge in [0, 0.05) is 31.2 Å². The molecule has 1 fully saturated rings. The van der Waals surface area contributed by atoms with Gasteiger partial charge in [0.1, 0.15) is 5.84 Å². The molecule has 0 amide bonds. The summed E-state index contributed by atoms with van der Waals surface area (Å²) in [4.78, 5) is 2.16. The third-order valence-electron chi connectivity index (χ3n) is 3.14. The van der Waals surface area contributed by atoms with Crippen molar-refractivity contribution in [3.05, 3.63) is 28.8 Å². The zero-order valence-corrected chi connectivity index (χ0v) is 10.2. The number of aliphatic hydroxyl groups is 1. The molecule has 0 spiro atoms. The minimum atomic E-state index is 0.0214. The Kier molecular flexibility index (Phi) is 3.54. The van der Waals surface area contributed by atoms with E-state index in [2.05, 4.69) is 4.90 Å². The molecule has 1 heterocycles. The van der Waals surface area contributed by atoms with Crippen molar-refractivity contribution in [2.45, 2.75) is 6.42 Å². The quantitative estimate of drug-likeness (QED) is 0.564. The van der Waals surface area contributed by atoms with Crippen molar-refractivity contribution in [1.82, 2.24) is 0 Å². The SMILES string of the molecule is N=C(N)c1ccc(N2CCC(CO)C2)c(Cl)c1. The van der Waals surface area contributed by atoms with Crippen LogP contribution >= 0.6 is 11.6 Å². The zero-order valence-electron chi connectivity index (χ0n) is 9.49. The lowest BCUT2D eigenvalue weighted by molar-refractivity contribution is 0.238. The lowest BCUT2D eigenvalue weighted by Gasteiger charge is -2.20. The smallest absolute Gasteiger partial charge is 0.122 e. The van der Waals surface area contributed by atoms with Crippen molar-refractivity contribution < 1.29 is 5.11 Å². The number of halogens is 1. The lowest BCUT2D eigenvalue weighted by atomic mass is 10.1. The van der Waals surface area contributed by atoms with E-state index in [1.165, 1.54) is 0 Å². The molecule has 1 aromatic rings. The summed E-state index contributed by atoms with van der Waals surface area (Å²) in [6.45, 7) is 1.96. The van der Waals surface area contributed by atoms with Gasteiger partial charge < -0.3 is 15.7 Å². The summed E-state index contributed by atoms with van der Waals surface area (Å²) in [6, 6.07) is 5.40. The monoisotopic (exact) mass is 253 g/mol. The fourth-order valence-electron chi connectivity index (χ4n) is 2.13. The van der Waals surface area contributed by atoms with E-state index in [0.717, 1.165) is 25.2 Å². The molecule has 1 unspecified atom stereocenters. The fraction of sp³-hybridized carbons (Fsp3) is 0.417. The van der Waals surface area contributed by atoms with Crippen LogP contribution in [0.4, 0.5) is 5.69 Å². The van der Waals surface area contributed by atoms with E-state index in [1.54, 1.807) is 12.1 Å². The zero-order chi connectivity index (χ0) is 12.4. The number of nitrogen functional groups attached to an aromatic ring is 1. The summed E-state index contributed by atoms with van der Waals surface area (Å²) >= 11 is 6.19. The minimum absolute atomic E-state index is 0.0214. The second kappa shape index (κ2) is 4.94. The number of benzene rings is 1. The number of anilines is 1. The second-order valence-electron chi connectivity index (χ2n) is 4.36. The molecule has 0 saturated carbocycles. The highest BCUT2D eigenvalue weighted by molar-refractivity contribution is 6.33. The molecular weight excluding hydrogens is 238 g/mol. The van der Waals surface area contributed by atoms with Gasteiger partial charge >= 0.3 is 0 Å². The minimum Gasteiger partial charge on any atom is -0.396 e. The predicted molar refractivity (Wildman–Crippen MR) is 69.9 cm³/mol. The van der Waals surface area contributed by atoms with E-state index in [1.807, 2.05) is 6.07 Å². The molecule has 1 aliphatic rings. The maximum atomic E-state index is 9.11. The van der Waals surface area contributed by atoms with Crippen LogP contribution in [0.1, 0.15) is 12.0 Å². The van der Waals surface area contributed by atoms with Crippen molar-refractivity contribution in [3.63, 3.8) is 0 Å². The number of nitrogens with two attached hydrogens (primary N) is 1. The molecule has 17 heavy (non-hydrogen) atoms. The summed E-state index contributed by atoms with van der Waals surface area (Å²) in [5, 5.41) is 17.1. The maximum absolute atomic E-state index is 9.11. The first-order valence-electron chi connectivity index (χ1n) is 5.61. The van der Waals surface area contributed by atoms with Gasteiger partial charge in [-0.1, -0.05) is 11.6 Å². The molecule has 0 aliphatic carbocycles. The summed E-state index contributed by atoms with van der Waals surface area (Å²) in [7, 11) is 0. The van der Waals surface area contributed by atoms with Gasteiger partial charge in [-0.2, -0.15) is 0 Å². The van der Waals surface area contributed by atoms with Gasteiger partial charge in [-0.15, -0.1) is 0 Å². The predicted octanol–water partition coefficient (Wildman–Crippen LogP) is 1.44. The molecule has 1 atom stereocenters. The van der Waals surface area contributed by atoms with Crippen LogP contribution in [0, 0.1) is 11.3 Å². The number of rotatable bonds is 3. The van der Waals surface area contributed by atoms with Crippen molar-refractivity contribution >= 4 is 23.1 Å². The molecule has 5 heteroatoms. The van der Waals surface area contributed by atoms with Gasteiger partial charge in [-0.05, 0) is 24.6 Å². The Morgan fingerprint density at radius 3 is 2.88 bits per heavy atom. The van der Waals surface area contributed by atoms with Crippen LogP contribution < -0.4 is 10.6 Å². The lowest BCUT2D eigenvalue weighted by Crippen LogP contribution is -2.21. The largest absolute Gasteiger partial charge is 0.396 e. The average molecular weight is 254 g/mol. The first-order valence-corrected chi connectivity index (χ1v) is 5.99. The van der Waals surface area contributed by atoms with Gasteiger partial charge in [0.05, 0.1) is 10.7 Å². The Morgan fingerprint density at radius 2 is 2.35 bits per heavy atom. The molecule has 2 rings (SSSR count). The number of amidine groups is 1.